The van der Waals surface area contributed by atoms with Gasteiger partial charge < -0.3 is 15.0 Å². The Morgan fingerprint density at radius 2 is 1.77 bits per heavy atom. The van der Waals surface area contributed by atoms with E-state index < -0.39 is 0 Å². The molecule has 0 spiro atoms. The Labute approximate surface area is 180 Å². The Morgan fingerprint density at radius 1 is 1.00 bits per heavy atom. The molecular weight excluding hydrogens is 400 g/mol. The van der Waals surface area contributed by atoms with Crippen molar-refractivity contribution in [1.82, 2.24) is 5.32 Å². The number of amides is 2. The second kappa shape index (κ2) is 9.01. The maximum Gasteiger partial charge on any atom is 0.265 e. The van der Waals surface area contributed by atoms with Crippen LogP contribution in [0.2, 0.25) is 5.02 Å². The fourth-order valence-corrected chi connectivity index (χ4v) is 3.48. The highest BCUT2D eigenvalue weighted by atomic mass is 35.5. The van der Waals surface area contributed by atoms with Gasteiger partial charge in [-0.05, 0) is 47.9 Å². The van der Waals surface area contributed by atoms with Crippen molar-refractivity contribution in [3.05, 3.63) is 94.5 Å². The lowest BCUT2D eigenvalue weighted by Crippen LogP contribution is -2.38. The van der Waals surface area contributed by atoms with E-state index in [4.69, 9.17) is 16.3 Å². The quantitative estimate of drug-likeness (QED) is 0.649. The van der Waals surface area contributed by atoms with Crippen LogP contribution >= 0.6 is 11.6 Å². The Balaban J connectivity index is 1.46. The topological polar surface area (TPSA) is 58.6 Å². The summed E-state index contributed by atoms with van der Waals surface area (Å²) >= 11 is 5.90. The fraction of sp³-hybridized carbons (Fsp3) is 0.167. The normalized spacial score (nSPS) is 12.8. The van der Waals surface area contributed by atoms with E-state index in [0.717, 1.165) is 11.1 Å². The van der Waals surface area contributed by atoms with Gasteiger partial charge in [0.1, 0.15) is 5.75 Å². The van der Waals surface area contributed by atoms with Crippen molar-refractivity contribution in [3.63, 3.8) is 0 Å². The zero-order valence-corrected chi connectivity index (χ0v) is 17.1. The van der Waals surface area contributed by atoms with Gasteiger partial charge in [-0.2, -0.15) is 0 Å². The number of hydrogen-bond acceptors (Lipinski definition) is 3. The molecule has 1 N–H and O–H groups in total. The first-order valence-corrected chi connectivity index (χ1v) is 10.1. The van der Waals surface area contributed by atoms with Gasteiger partial charge in [0.25, 0.3) is 11.8 Å². The largest absolute Gasteiger partial charge is 0.482 e. The van der Waals surface area contributed by atoms with Gasteiger partial charge in [0.15, 0.2) is 6.61 Å². The molecule has 0 fully saturated rings. The molecule has 30 heavy (non-hydrogen) atoms. The maximum absolute atomic E-state index is 12.6. The van der Waals surface area contributed by atoms with Crippen LogP contribution in [-0.4, -0.2) is 25.0 Å². The first-order chi connectivity index (χ1) is 14.6. The SMILES string of the molecule is O=C(NCCc1ccc(Cl)cc1)c1ccc2c(c1)N(Cc1ccccc1)C(=O)CO2. The Kier molecular flexibility index (Phi) is 6.00. The van der Waals surface area contributed by atoms with Crippen LogP contribution in [-0.2, 0) is 17.8 Å². The first kappa shape index (κ1) is 20.0. The molecule has 2 amide bonds. The van der Waals surface area contributed by atoms with Gasteiger partial charge >= 0.3 is 0 Å². The molecule has 0 unspecified atom stereocenters. The van der Waals surface area contributed by atoms with Gasteiger partial charge in [-0.3, -0.25) is 9.59 Å². The summed E-state index contributed by atoms with van der Waals surface area (Å²) in [7, 11) is 0. The molecule has 0 bridgehead atoms. The monoisotopic (exact) mass is 420 g/mol. The number of carbonyl (C=O) groups excluding carboxylic acids is 2. The van der Waals surface area contributed by atoms with Crippen LogP contribution in [0.5, 0.6) is 5.75 Å². The van der Waals surface area contributed by atoms with Crippen molar-refractivity contribution in [1.29, 1.82) is 0 Å². The number of rotatable bonds is 6. The van der Waals surface area contributed by atoms with E-state index in [0.29, 0.717) is 41.5 Å². The summed E-state index contributed by atoms with van der Waals surface area (Å²) in [5.41, 5.74) is 3.20. The predicted molar refractivity (Wildman–Crippen MR) is 117 cm³/mol. The molecule has 6 heteroatoms. The van der Waals surface area contributed by atoms with E-state index in [9.17, 15) is 9.59 Å². The molecule has 0 aromatic heterocycles. The minimum Gasteiger partial charge on any atom is -0.482 e. The van der Waals surface area contributed by atoms with Crippen molar-refractivity contribution in [2.45, 2.75) is 13.0 Å². The molecule has 4 rings (SSSR count). The number of anilines is 1. The standard InChI is InChI=1S/C24H21ClN2O3/c25-20-9-6-17(7-10-20)12-13-26-24(29)19-8-11-22-21(14-19)27(23(28)16-30-22)15-18-4-2-1-3-5-18/h1-11,14H,12-13,15-16H2,(H,26,29). The third kappa shape index (κ3) is 4.63. The average Bonchev–Trinajstić information content (AvgIpc) is 2.77. The highest BCUT2D eigenvalue weighted by Gasteiger charge is 2.26. The lowest BCUT2D eigenvalue weighted by molar-refractivity contribution is -0.121. The number of nitrogens with one attached hydrogen (secondary N) is 1. The highest BCUT2D eigenvalue weighted by molar-refractivity contribution is 6.30. The van der Waals surface area contributed by atoms with Gasteiger partial charge in [0.05, 0.1) is 12.2 Å². The van der Waals surface area contributed by atoms with Gasteiger partial charge in [0.2, 0.25) is 0 Å². The summed E-state index contributed by atoms with van der Waals surface area (Å²) in [5.74, 6) is 0.277. The molecule has 3 aromatic rings. The van der Waals surface area contributed by atoms with E-state index in [2.05, 4.69) is 5.32 Å². The molecule has 0 atom stereocenters. The van der Waals surface area contributed by atoms with Crippen LogP contribution in [0.1, 0.15) is 21.5 Å². The zero-order chi connectivity index (χ0) is 20.9. The summed E-state index contributed by atoms with van der Waals surface area (Å²) in [6, 6.07) is 22.5. The molecule has 1 aliphatic heterocycles. The van der Waals surface area contributed by atoms with Crippen LogP contribution in [0.4, 0.5) is 5.69 Å². The number of fused-ring (bicyclic) bond motifs is 1. The molecule has 0 saturated carbocycles. The van der Waals surface area contributed by atoms with E-state index in [-0.39, 0.29) is 18.4 Å². The first-order valence-electron chi connectivity index (χ1n) is 9.74. The lowest BCUT2D eigenvalue weighted by Gasteiger charge is -2.29. The molecule has 0 radical (unpaired) electrons. The number of benzene rings is 3. The van der Waals surface area contributed by atoms with E-state index >= 15 is 0 Å². The molecule has 152 valence electrons. The van der Waals surface area contributed by atoms with Gasteiger partial charge in [-0.15, -0.1) is 0 Å². The molecule has 0 aliphatic carbocycles. The van der Waals surface area contributed by atoms with Crippen molar-refractivity contribution in [2.75, 3.05) is 18.1 Å². The van der Waals surface area contributed by atoms with Crippen molar-refractivity contribution < 1.29 is 14.3 Å². The zero-order valence-electron chi connectivity index (χ0n) is 16.3. The average molecular weight is 421 g/mol. The van der Waals surface area contributed by atoms with Crippen LogP contribution in [0.25, 0.3) is 0 Å². The molecule has 3 aromatic carbocycles. The van der Waals surface area contributed by atoms with Crippen LogP contribution in [0.3, 0.4) is 0 Å². The predicted octanol–water partition coefficient (Wildman–Crippen LogP) is 4.24. The molecule has 1 heterocycles. The van der Waals surface area contributed by atoms with E-state index in [1.807, 2.05) is 54.6 Å². The van der Waals surface area contributed by atoms with E-state index in [1.54, 1.807) is 23.1 Å². The van der Waals surface area contributed by atoms with Gasteiger partial charge in [0, 0.05) is 17.1 Å². The smallest absolute Gasteiger partial charge is 0.265 e. The van der Waals surface area contributed by atoms with Crippen LogP contribution < -0.4 is 15.0 Å². The van der Waals surface area contributed by atoms with Crippen molar-refractivity contribution in [3.8, 4) is 5.75 Å². The maximum atomic E-state index is 12.6. The molecule has 1 aliphatic rings. The number of hydrogen-bond donors (Lipinski definition) is 1. The fourth-order valence-electron chi connectivity index (χ4n) is 3.36. The molecule has 0 saturated heterocycles. The van der Waals surface area contributed by atoms with Gasteiger partial charge in [-0.25, -0.2) is 0 Å². The van der Waals surface area contributed by atoms with Crippen LogP contribution in [0.15, 0.2) is 72.8 Å². The molecule has 5 nitrogen and oxygen atoms in total. The number of ether oxygens (including phenoxy) is 1. The Morgan fingerprint density at radius 3 is 2.53 bits per heavy atom. The Hall–Kier alpha value is -3.31. The van der Waals surface area contributed by atoms with E-state index in [1.165, 1.54) is 0 Å². The molecular formula is C24H21ClN2O3. The van der Waals surface area contributed by atoms with Crippen molar-refractivity contribution >= 4 is 29.1 Å². The summed E-state index contributed by atoms with van der Waals surface area (Å²) in [5, 5.41) is 3.62. The number of halogens is 1. The summed E-state index contributed by atoms with van der Waals surface area (Å²) in [6.07, 6.45) is 0.704. The highest BCUT2D eigenvalue weighted by Crippen LogP contribution is 2.34. The third-order valence-corrected chi connectivity index (χ3v) is 5.21. The van der Waals surface area contributed by atoms with Gasteiger partial charge in [-0.1, -0.05) is 54.1 Å². The second-order valence-corrected chi connectivity index (χ2v) is 7.51. The minimum absolute atomic E-state index is 0.00747. The number of carbonyl (C=O) groups is 2. The second-order valence-electron chi connectivity index (χ2n) is 7.07. The van der Waals surface area contributed by atoms with Crippen molar-refractivity contribution in [2.24, 2.45) is 0 Å². The minimum atomic E-state index is -0.190. The Bertz CT molecular complexity index is 1050. The third-order valence-electron chi connectivity index (χ3n) is 4.96. The summed E-state index contributed by atoms with van der Waals surface area (Å²) < 4.78 is 5.55. The lowest BCUT2D eigenvalue weighted by atomic mass is 10.1. The number of nitrogens with zero attached hydrogens (tertiary/aromatic N) is 1. The summed E-state index contributed by atoms with van der Waals surface area (Å²) in [6.45, 7) is 0.921. The van der Waals surface area contributed by atoms with Crippen LogP contribution in [0, 0.1) is 0 Å². The summed E-state index contributed by atoms with van der Waals surface area (Å²) in [4.78, 5) is 26.8.